The molecule has 1 fully saturated rings. The summed E-state index contributed by atoms with van der Waals surface area (Å²) in [4.78, 5) is 2.46. The predicted octanol–water partition coefficient (Wildman–Crippen LogP) is 3.66. The lowest BCUT2D eigenvalue weighted by molar-refractivity contribution is 0.0821. The van der Waals surface area contributed by atoms with E-state index < -0.39 is 0 Å². The van der Waals surface area contributed by atoms with Crippen molar-refractivity contribution in [3.05, 3.63) is 59.7 Å². The third-order valence-electron chi connectivity index (χ3n) is 5.03. The summed E-state index contributed by atoms with van der Waals surface area (Å²) in [6.07, 6.45) is 3.90. The van der Waals surface area contributed by atoms with Crippen molar-refractivity contribution in [1.29, 1.82) is 0 Å². The molecule has 0 aliphatic carbocycles. The minimum atomic E-state index is -0.0965. The van der Waals surface area contributed by atoms with E-state index in [4.69, 9.17) is 9.47 Å². The van der Waals surface area contributed by atoms with Gasteiger partial charge in [-0.25, -0.2) is 0 Å². The molecule has 3 rings (SSSR count). The van der Waals surface area contributed by atoms with Gasteiger partial charge in [0.05, 0.1) is 13.2 Å². The summed E-state index contributed by atoms with van der Waals surface area (Å²) in [7, 11) is 1.66. The number of piperidine rings is 1. The molecular weight excluding hydrogens is 326 g/mol. The molecule has 0 aromatic heterocycles. The molecule has 4 heteroatoms. The van der Waals surface area contributed by atoms with Crippen molar-refractivity contribution in [2.24, 2.45) is 0 Å². The second-order valence-electron chi connectivity index (χ2n) is 6.91. The van der Waals surface area contributed by atoms with E-state index in [-0.39, 0.29) is 6.10 Å². The Balaban J connectivity index is 1.51. The number of hydrogen-bond donors (Lipinski definition) is 1. The summed E-state index contributed by atoms with van der Waals surface area (Å²) >= 11 is 0. The maximum absolute atomic E-state index is 9.60. The minimum absolute atomic E-state index is 0.0965. The number of ether oxygens (including phenoxy) is 2. The van der Waals surface area contributed by atoms with Crippen LogP contribution in [-0.2, 0) is 13.0 Å². The Morgan fingerprint density at radius 3 is 2.50 bits per heavy atom. The molecule has 0 atom stereocenters. The van der Waals surface area contributed by atoms with E-state index in [1.165, 1.54) is 11.1 Å². The van der Waals surface area contributed by atoms with Gasteiger partial charge in [-0.05, 0) is 55.5 Å². The zero-order chi connectivity index (χ0) is 18.2. The van der Waals surface area contributed by atoms with E-state index >= 15 is 0 Å². The van der Waals surface area contributed by atoms with Crippen LogP contribution in [0.25, 0.3) is 0 Å². The van der Waals surface area contributed by atoms with Gasteiger partial charge < -0.3 is 19.5 Å². The van der Waals surface area contributed by atoms with E-state index in [0.29, 0.717) is 6.61 Å². The van der Waals surface area contributed by atoms with E-state index in [2.05, 4.69) is 29.2 Å². The Kier molecular flexibility index (Phi) is 6.92. The van der Waals surface area contributed by atoms with Gasteiger partial charge in [-0.1, -0.05) is 30.3 Å². The Morgan fingerprint density at radius 1 is 1.00 bits per heavy atom. The predicted molar refractivity (Wildman–Crippen MR) is 104 cm³/mol. The van der Waals surface area contributed by atoms with Crippen LogP contribution in [0.3, 0.4) is 0 Å². The summed E-state index contributed by atoms with van der Waals surface area (Å²) in [5.74, 6) is 1.63. The van der Waals surface area contributed by atoms with Gasteiger partial charge in [-0.2, -0.15) is 0 Å². The van der Waals surface area contributed by atoms with Gasteiger partial charge in [0.15, 0.2) is 0 Å². The largest absolute Gasteiger partial charge is 0.497 e. The molecule has 0 bridgehead atoms. The molecular formula is C22H29NO3. The van der Waals surface area contributed by atoms with Crippen LogP contribution >= 0.6 is 0 Å². The molecule has 1 saturated heterocycles. The van der Waals surface area contributed by atoms with Crippen molar-refractivity contribution in [3.63, 3.8) is 0 Å². The molecule has 140 valence electrons. The Morgan fingerprint density at radius 2 is 1.73 bits per heavy atom. The van der Waals surface area contributed by atoms with Crippen molar-refractivity contribution in [1.82, 2.24) is 4.90 Å². The highest BCUT2D eigenvalue weighted by molar-refractivity contribution is 5.33. The van der Waals surface area contributed by atoms with Crippen LogP contribution in [0, 0.1) is 0 Å². The van der Waals surface area contributed by atoms with Crippen LogP contribution in [0.1, 0.15) is 30.4 Å². The number of likely N-dealkylation sites (tertiary alicyclic amines) is 1. The lowest BCUT2D eigenvalue weighted by atomic mass is 10.0. The van der Waals surface area contributed by atoms with Gasteiger partial charge in [0.1, 0.15) is 18.1 Å². The molecule has 4 nitrogen and oxygen atoms in total. The lowest BCUT2D eigenvalue weighted by Crippen LogP contribution is -2.36. The maximum atomic E-state index is 9.60. The van der Waals surface area contributed by atoms with E-state index in [0.717, 1.165) is 56.8 Å². The highest BCUT2D eigenvalue weighted by atomic mass is 16.5. The number of rotatable bonds is 8. The number of aliphatic hydroxyl groups excluding tert-OH is 1. The highest BCUT2D eigenvalue weighted by Gasteiger charge is 2.16. The number of hydrogen-bond acceptors (Lipinski definition) is 4. The first kappa shape index (κ1) is 18.7. The summed E-state index contributed by atoms with van der Waals surface area (Å²) < 4.78 is 11.2. The van der Waals surface area contributed by atoms with E-state index in [9.17, 15) is 5.11 Å². The number of aryl methyl sites for hydroxylation is 1. The molecule has 1 N–H and O–H groups in total. The second-order valence-corrected chi connectivity index (χ2v) is 6.91. The van der Waals surface area contributed by atoms with Gasteiger partial charge in [-0.3, -0.25) is 0 Å². The maximum Gasteiger partial charge on any atom is 0.123 e. The molecule has 1 heterocycles. The summed E-state index contributed by atoms with van der Waals surface area (Å²) in [5, 5.41) is 9.60. The van der Waals surface area contributed by atoms with Crippen molar-refractivity contribution in [2.45, 2.75) is 38.4 Å². The number of nitrogens with zero attached hydrogens (tertiary/aromatic N) is 1. The fraction of sp³-hybridized carbons (Fsp3) is 0.455. The summed E-state index contributed by atoms with van der Waals surface area (Å²) in [6, 6.07) is 16.2. The van der Waals surface area contributed by atoms with E-state index in [1.54, 1.807) is 7.11 Å². The molecule has 0 amide bonds. The summed E-state index contributed by atoms with van der Waals surface area (Å²) in [5.41, 5.74) is 2.59. The van der Waals surface area contributed by atoms with Crippen molar-refractivity contribution in [2.75, 3.05) is 26.7 Å². The molecule has 2 aromatic carbocycles. The second kappa shape index (κ2) is 9.60. The fourth-order valence-corrected chi connectivity index (χ4v) is 3.43. The third-order valence-corrected chi connectivity index (χ3v) is 5.03. The van der Waals surface area contributed by atoms with Gasteiger partial charge in [0.25, 0.3) is 0 Å². The SMILES string of the molecule is COc1cccc(OCc2ccccc2CCCN2CCC(O)CC2)c1. The molecule has 0 saturated carbocycles. The van der Waals surface area contributed by atoms with Crippen LogP contribution in [0.5, 0.6) is 11.5 Å². The lowest BCUT2D eigenvalue weighted by Gasteiger charge is -2.29. The van der Waals surface area contributed by atoms with Crippen molar-refractivity contribution in [3.8, 4) is 11.5 Å². The molecule has 1 aliphatic heterocycles. The molecule has 0 radical (unpaired) electrons. The van der Waals surface area contributed by atoms with Crippen molar-refractivity contribution < 1.29 is 14.6 Å². The third kappa shape index (κ3) is 5.48. The number of methoxy groups -OCH3 is 1. The topological polar surface area (TPSA) is 41.9 Å². The summed E-state index contributed by atoms with van der Waals surface area (Å²) in [6.45, 7) is 3.70. The zero-order valence-electron chi connectivity index (χ0n) is 15.6. The van der Waals surface area contributed by atoms with Crippen LogP contribution in [0.2, 0.25) is 0 Å². The van der Waals surface area contributed by atoms with Gasteiger partial charge in [0, 0.05) is 19.2 Å². The Hall–Kier alpha value is -2.04. The van der Waals surface area contributed by atoms with E-state index in [1.807, 2.05) is 24.3 Å². The average molecular weight is 355 g/mol. The molecule has 0 spiro atoms. The normalized spacial score (nSPS) is 15.8. The standard InChI is InChI=1S/C22H29NO3/c1-25-21-9-4-10-22(16-21)26-17-19-7-3-2-6-18(19)8-5-13-23-14-11-20(24)12-15-23/h2-4,6-7,9-10,16,20,24H,5,8,11-15,17H2,1H3. The minimum Gasteiger partial charge on any atom is -0.497 e. The molecule has 0 unspecified atom stereocenters. The smallest absolute Gasteiger partial charge is 0.123 e. The first-order chi connectivity index (χ1) is 12.7. The van der Waals surface area contributed by atoms with Gasteiger partial charge >= 0.3 is 0 Å². The van der Waals surface area contributed by atoms with Crippen LogP contribution < -0.4 is 9.47 Å². The highest BCUT2D eigenvalue weighted by Crippen LogP contribution is 2.21. The first-order valence-electron chi connectivity index (χ1n) is 9.48. The molecule has 2 aromatic rings. The number of benzene rings is 2. The zero-order valence-corrected chi connectivity index (χ0v) is 15.6. The van der Waals surface area contributed by atoms with Crippen molar-refractivity contribution >= 4 is 0 Å². The van der Waals surface area contributed by atoms with Crippen LogP contribution in [0.4, 0.5) is 0 Å². The monoisotopic (exact) mass is 355 g/mol. The van der Waals surface area contributed by atoms with Gasteiger partial charge in [-0.15, -0.1) is 0 Å². The fourth-order valence-electron chi connectivity index (χ4n) is 3.43. The Labute approximate surface area is 156 Å². The van der Waals surface area contributed by atoms with Gasteiger partial charge in [0.2, 0.25) is 0 Å². The van der Waals surface area contributed by atoms with Crippen LogP contribution in [0.15, 0.2) is 48.5 Å². The number of aliphatic hydroxyl groups is 1. The quantitative estimate of drug-likeness (QED) is 0.785. The van der Waals surface area contributed by atoms with Crippen LogP contribution in [-0.4, -0.2) is 42.9 Å². The molecule has 26 heavy (non-hydrogen) atoms. The Bertz CT molecular complexity index is 681. The first-order valence-corrected chi connectivity index (χ1v) is 9.48. The molecule has 1 aliphatic rings. The average Bonchev–Trinajstić information content (AvgIpc) is 2.69.